The Bertz CT molecular complexity index is 330. The second-order valence-electron chi connectivity index (χ2n) is 3.70. The highest BCUT2D eigenvalue weighted by Gasteiger charge is 2.31. The van der Waals surface area contributed by atoms with Gasteiger partial charge in [0.1, 0.15) is 5.60 Å². The van der Waals surface area contributed by atoms with Crippen molar-refractivity contribution in [2.45, 2.75) is 25.6 Å². The Balaban J connectivity index is 3.01. The first-order chi connectivity index (χ1) is 6.77. The van der Waals surface area contributed by atoms with E-state index in [2.05, 4.69) is 4.84 Å². The van der Waals surface area contributed by atoms with Crippen LogP contribution in [0.3, 0.4) is 0 Å². The van der Waals surface area contributed by atoms with Gasteiger partial charge in [-0.3, -0.25) is 4.84 Å². The van der Waals surface area contributed by atoms with Gasteiger partial charge in [0.15, 0.2) is 0 Å². The van der Waals surface area contributed by atoms with Gasteiger partial charge in [0, 0.05) is 0 Å². The molecule has 0 unspecified atom stereocenters. The Morgan fingerprint density at radius 1 is 1.00 bits per heavy atom. The molecular weight excluding hydrogens is 207 g/mol. The van der Waals surface area contributed by atoms with Crippen molar-refractivity contribution in [3.05, 3.63) is 35.4 Å². The lowest BCUT2D eigenvalue weighted by Gasteiger charge is -2.22. The van der Waals surface area contributed by atoms with Gasteiger partial charge in [-0.15, -0.1) is 0 Å². The van der Waals surface area contributed by atoms with Gasteiger partial charge in [-0.1, -0.05) is 12.1 Å². The Kier molecular flexibility index (Phi) is 3.06. The molecule has 2 N–H and O–H groups in total. The minimum atomic E-state index is -4.31. The van der Waals surface area contributed by atoms with Crippen LogP contribution in [0.5, 0.6) is 0 Å². The van der Waals surface area contributed by atoms with Crippen LogP contribution in [0.25, 0.3) is 0 Å². The predicted molar refractivity (Wildman–Crippen MR) is 49.7 cm³/mol. The largest absolute Gasteiger partial charge is 0.416 e. The summed E-state index contributed by atoms with van der Waals surface area (Å²) in [6.45, 7) is 3.35. The van der Waals surface area contributed by atoms with Gasteiger partial charge in [0.05, 0.1) is 5.56 Å². The topological polar surface area (TPSA) is 35.2 Å². The summed E-state index contributed by atoms with van der Waals surface area (Å²) in [6.07, 6.45) is -4.31. The number of alkyl halides is 3. The summed E-state index contributed by atoms with van der Waals surface area (Å²) in [5.41, 5.74) is -0.874. The van der Waals surface area contributed by atoms with Crippen molar-refractivity contribution in [3.63, 3.8) is 0 Å². The SMILES string of the molecule is CC(C)(ON)c1ccc(C(F)(F)F)cc1. The lowest BCUT2D eigenvalue weighted by atomic mass is 9.97. The van der Waals surface area contributed by atoms with Gasteiger partial charge in [-0.25, -0.2) is 5.90 Å². The van der Waals surface area contributed by atoms with Gasteiger partial charge in [-0.2, -0.15) is 13.2 Å². The molecule has 0 aliphatic heterocycles. The number of benzene rings is 1. The standard InChI is InChI=1S/C10H12F3NO/c1-9(2,15-14)7-3-5-8(6-4-7)10(11,12)13/h3-6H,14H2,1-2H3. The second kappa shape index (κ2) is 3.83. The minimum Gasteiger partial charge on any atom is -0.294 e. The average Bonchev–Trinajstić information content (AvgIpc) is 2.17. The van der Waals surface area contributed by atoms with Crippen LogP contribution in [0.4, 0.5) is 13.2 Å². The molecule has 0 bridgehead atoms. The van der Waals surface area contributed by atoms with Gasteiger partial charge in [-0.05, 0) is 31.5 Å². The van der Waals surface area contributed by atoms with E-state index in [-0.39, 0.29) is 0 Å². The quantitative estimate of drug-likeness (QED) is 0.776. The Morgan fingerprint density at radius 2 is 1.40 bits per heavy atom. The molecule has 5 heteroatoms. The van der Waals surface area contributed by atoms with Crippen LogP contribution in [0.1, 0.15) is 25.0 Å². The van der Waals surface area contributed by atoms with Crippen molar-refractivity contribution < 1.29 is 18.0 Å². The van der Waals surface area contributed by atoms with Crippen LogP contribution in [0.15, 0.2) is 24.3 Å². The van der Waals surface area contributed by atoms with E-state index in [1.807, 2.05) is 0 Å². The van der Waals surface area contributed by atoms with E-state index >= 15 is 0 Å². The van der Waals surface area contributed by atoms with Crippen LogP contribution in [0, 0.1) is 0 Å². The summed E-state index contributed by atoms with van der Waals surface area (Å²) >= 11 is 0. The van der Waals surface area contributed by atoms with Gasteiger partial charge < -0.3 is 0 Å². The van der Waals surface area contributed by atoms with E-state index in [9.17, 15) is 13.2 Å². The summed E-state index contributed by atoms with van der Waals surface area (Å²) in [7, 11) is 0. The highest BCUT2D eigenvalue weighted by molar-refractivity contribution is 5.27. The lowest BCUT2D eigenvalue weighted by Crippen LogP contribution is -2.25. The number of hydrogen-bond donors (Lipinski definition) is 1. The second-order valence-corrected chi connectivity index (χ2v) is 3.70. The highest BCUT2D eigenvalue weighted by atomic mass is 19.4. The fourth-order valence-electron chi connectivity index (χ4n) is 1.13. The smallest absolute Gasteiger partial charge is 0.294 e. The zero-order valence-electron chi connectivity index (χ0n) is 8.43. The molecular formula is C10H12F3NO. The summed E-state index contributed by atoms with van der Waals surface area (Å²) in [6, 6.07) is 4.73. The molecule has 1 aromatic carbocycles. The molecule has 15 heavy (non-hydrogen) atoms. The third-order valence-electron chi connectivity index (χ3n) is 2.20. The fourth-order valence-corrected chi connectivity index (χ4v) is 1.13. The summed E-state index contributed by atoms with van der Waals surface area (Å²) in [5.74, 6) is 5.04. The molecule has 0 saturated heterocycles. The molecule has 0 heterocycles. The minimum absolute atomic E-state index is 0.595. The molecule has 0 aliphatic carbocycles. The lowest BCUT2D eigenvalue weighted by molar-refractivity contribution is -0.137. The van der Waals surface area contributed by atoms with Crippen LogP contribution in [-0.4, -0.2) is 0 Å². The van der Waals surface area contributed by atoms with Crippen LogP contribution < -0.4 is 5.90 Å². The number of halogens is 3. The molecule has 0 atom stereocenters. The van der Waals surface area contributed by atoms with E-state index in [0.29, 0.717) is 5.56 Å². The van der Waals surface area contributed by atoms with Crippen molar-refractivity contribution in [1.82, 2.24) is 0 Å². The molecule has 0 spiro atoms. The third-order valence-corrected chi connectivity index (χ3v) is 2.20. The van der Waals surface area contributed by atoms with Gasteiger partial charge in [0.2, 0.25) is 0 Å². The molecule has 1 rings (SSSR count). The Labute approximate surface area is 85.8 Å². The van der Waals surface area contributed by atoms with E-state index < -0.39 is 17.3 Å². The third kappa shape index (κ3) is 2.70. The first kappa shape index (κ1) is 12.0. The Morgan fingerprint density at radius 3 is 1.73 bits per heavy atom. The van der Waals surface area contributed by atoms with Crippen molar-refractivity contribution in [2.75, 3.05) is 0 Å². The normalized spacial score (nSPS) is 12.9. The van der Waals surface area contributed by atoms with Gasteiger partial charge >= 0.3 is 6.18 Å². The van der Waals surface area contributed by atoms with Gasteiger partial charge in [0.25, 0.3) is 0 Å². The maximum atomic E-state index is 12.2. The summed E-state index contributed by atoms with van der Waals surface area (Å²) < 4.78 is 36.7. The molecule has 0 aliphatic rings. The highest BCUT2D eigenvalue weighted by Crippen LogP contribution is 2.31. The van der Waals surface area contributed by atoms with Crippen LogP contribution in [0.2, 0.25) is 0 Å². The molecule has 0 aromatic heterocycles. The zero-order valence-corrected chi connectivity index (χ0v) is 8.43. The van der Waals surface area contributed by atoms with E-state index in [0.717, 1.165) is 12.1 Å². The molecule has 84 valence electrons. The van der Waals surface area contributed by atoms with Crippen LogP contribution in [-0.2, 0) is 16.6 Å². The van der Waals surface area contributed by atoms with Crippen molar-refractivity contribution >= 4 is 0 Å². The summed E-state index contributed by atoms with van der Waals surface area (Å²) in [4.78, 5) is 4.67. The predicted octanol–water partition coefficient (Wildman–Crippen LogP) is 2.83. The molecule has 0 saturated carbocycles. The number of hydrogen-bond acceptors (Lipinski definition) is 2. The average molecular weight is 219 g/mol. The van der Waals surface area contributed by atoms with Crippen molar-refractivity contribution in [2.24, 2.45) is 5.90 Å². The first-order valence-corrected chi connectivity index (χ1v) is 4.33. The fraction of sp³-hybridized carbons (Fsp3) is 0.400. The first-order valence-electron chi connectivity index (χ1n) is 4.33. The van der Waals surface area contributed by atoms with E-state index in [4.69, 9.17) is 5.90 Å². The van der Waals surface area contributed by atoms with E-state index in [1.165, 1.54) is 12.1 Å². The maximum Gasteiger partial charge on any atom is 0.416 e. The van der Waals surface area contributed by atoms with Crippen LogP contribution >= 0.6 is 0 Å². The monoisotopic (exact) mass is 219 g/mol. The maximum absolute atomic E-state index is 12.2. The molecule has 2 nitrogen and oxygen atoms in total. The number of rotatable bonds is 2. The summed E-state index contributed by atoms with van der Waals surface area (Å²) in [5, 5.41) is 0. The molecule has 0 radical (unpaired) electrons. The zero-order chi connectivity index (χ0) is 11.7. The van der Waals surface area contributed by atoms with E-state index in [1.54, 1.807) is 13.8 Å². The number of nitrogens with two attached hydrogens (primary N) is 1. The van der Waals surface area contributed by atoms with Crippen molar-refractivity contribution in [3.8, 4) is 0 Å². The molecule has 0 fully saturated rings. The molecule has 0 amide bonds. The van der Waals surface area contributed by atoms with Crippen molar-refractivity contribution in [1.29, 1.82) is 0 Å². The Hall–Kier alpha value is -1.07. The molecule has 1 aromatic rings.